The van der Waals surface area contributed by atoms with Crippen LogP contribution in [-0.2, 0) is 10.0 Å². The van der Waals surface area contributed by atoms with Crippen LogP contribution in [0.4, 0.5) is 0 Å². The molecule has 7 heteroatoms. The lowest BCUT2D eigenvalue weighted by atomic mass is 9.77. The molecule has 0 aromatic heterocycles. The van der Waals surface area contributed by atoms with Crippen LogP contribution in [0.25, 0.3) is 0 Å². The highest BCUT2D eigenvalue weighted by Gasteiger charge is 2.38. The van der Waals surface area contributed by atoms with Gasteiger partial charge >= 0.3 is 0 Å². The molecule has 0 amide bonds. The van der Waals surface area contributed by atoms with E-state index in [0.29, 0.717) is 50.6 Å². The van der Waals surface area contributed by atoms with Crippen LogP contribution in [0, 0.1) is 5.41 Å². The van der Waals surface area contributed by atoms with Gasteiger partial charge in [-0.1, -0.05) is 13.0 Å². The molecule has 3 rings (SSSR count). The third kappa shape index (κ3) is 2.93. The highest BCUT2D eigenvalue weighted by molar-refractivity contribution is 7.89. The van der Waals surface area contributed by atoms with Crippen molar-refractivity contribution in [1.82, 2.24) is 4.31 Å². The zero-order chi connectivity index (χ0) is 16.5. The molecule has 128 valence electrons. The molecule has 6 nitrogen and oxygen atoms in total. The zero-order valence-electron chi connectivity index (χ0n) is 13.3. The molecular formula is C16H23NO5S. The molecule has 2 aliphatic rings. The lowest BCUT2D eigenvalue weighted by molar-refractivity contribution is 0.0646. The van der Waals surface area contributed by atoms with Gasteiger partial charge in [0.05, 0.1) is 0 Å². The van der Waals surface area contributed by atoms with Crippen LogP contribution in [0.1, 0.15) is 26.2 Å². The number of ether oxygens (including phenoxy) is 2. The maximum atomic E-state index is 13.0. The van der Waals surface area contributed by atoms with Crippen molar-refractivity contribution in [3.63, 3.8) is 0 Å². The average molecular weight is 341 g/mol. The number of benzene rings is 1. The van der Waals surface area contributed by atoms with Crippen molar-refractivity contribution >= 4 is 10.0 Å². The lowest BCUT2D eigenvalue weighted by Crippen LogP contribution is -2.44. The molecule has 0 spiro atoms. The van der Waals surface area contributed by atoms with Crippen molar-refractivity contribution in [3.05, 3.63) is 18.2 Å². The number of hydrogen-bond donors (Lipinski definition) is 1. The Hall–Kier alpha value is -1.31. The van der Waals surface area contributed by atoms with E-state index in [0.717, 1.165) is 6.42 Å². The predicted molar refractivity (Wildman–Crippen MR) is 85.2 cm³/mol. The van der Waals surface area contributed by atoms with E-state index in [1.54, 1.807) is 18.2 Å². The molecule has 1 saturated heterocycles. The normalized spacial score (nSPS) is 21.1. The summed E-state index contributed by atoms with van der Waals surface area (Å²) < 4.78 is 38.5. The molecule has 1 aromatic carbocycles. The molecule has 0 atom stereocenters. The summed E-state index contributed by atoms with van der Waals surface area (Å²) in [4.78, 5) is 0.169. The Morgan fingerprint density at radius 3 is 2.57 bits per heavy atom. The quantitative estimate of drug-likeness (QED) is 0.901. The second-order valence-electron chi connectivity index (χ2n) is 6.20. The standard InChI is InChI=1S/C16H23NO5S/c1-2-16(12-18)6-8-17(9-7-16)23(19,20)14-5-3-4-13-15(14)22-11-10-21-13/h3-5,18H,2,6-12H2,1H3. The number of sulfonamides is 1. The van der Waals surface area contributed by atoms with Crippen LogP contribution in [0.3, 0.4) is 0 Å². The van der Waals surface area contributed by atoms with Gasteiger partial charge in [-0.05, 0) is 36.8 Å². The molecule has 0 bridgehead atoms. The number of nitrogens with zero attached hydrogens (tertiary/aromatic N) is 1. The number of para-hydroxylation sites is 1. The highest BCUT2D eigenvalue weighted by atomic mass is 32.2. The summed E-state index contributed by atoms with van der Waals surface area (Å²) in [5.74, 6) is 0.792. The first-order chi connectivity index (χ1) is 11.0. The number of piperidine rings is 1. The van der Waals surface area contributed by atoms with Gasteiger partial charge in [-0.15, -0.1) is 0 Å². The van der Waals surface area contributed by atoms with Crippen molar-refractivity contribution < 1.29 is 23.0 Å². The molecule has 0 saturated carbocycles. The second-order valence-corrected chi connectivity index (χ2v) is 8.10. The maximum absolute atomic E-state index is 13.0. The van der Waals surface area contributed by atoms with Gasteiger partial charge in [-0.25, -0.2) is 8.42 Å². The summed E-state index contributed by atoms with van der Waals surface area (Å²) in [6, 6.07) is 4.96. The van der Waals surface area contributed by atoms with E-state index in [9.17, 15) is 13.5 Å². The number of aliphatic hydroxyl groups excluding tert-OH is 1. The van der Waals surface area contributed by atoms with Gasteiger partial charge in [-0.2, -0.15) is 4.31 Å². The third-order valence-electron chi connectivity index (χ3n) is 5.02. The summed E-state index contributed by atoms with van der Waals surface area (Å²) in [6.45, 7) is 3.76. The SMILES string of the molecule is CCC1(CO)CCN(S(=O)(=O)c2cccc3c2OCCO3)CC1. The lowest BCUT2D eigenvalue weighted by Gasteiger charge is -2.39. The van der Waals surface area contributed by atoms with Gasteiger partial charge in [0.1, 0.15) is 18.1 Å². The van der Waals surface area contributed by atoms with Crippen molar-refractivity contribution in [3.8, 4) is 11.5 Å². The Bertz CT molecular complexity index is 659. The Kier molecular flexibility index (Phi) is 4.53. The molecule has 0 radical (unpaired) electrons. The first-order valence-corrected chi connectivity index (χ1v) is 9.46. The van der Waals surface area contributed by atoms with Crippen LogP contribution < -0.4 is 9.47 Å². The van der Waals surface area contributed by atoms with Crippen LogP contribution in [0.5, 0.6) is 11.5 Å². The van der Waals surface area contributed by atoms with E-state index in [2.05, 4.69) is 0 Å². The van der Waals surface area contributed by atoms with Crippen LogP contribution >= 0.6 is 0 Å². The molecule has 1 fully saturated rings. The van der Waals surface area contributed by atoms with Crippen LogP contribution in [-0.4, -0.2) is 50.7 Å². The van der Waals surface area contributed by atoms with Gasteiger partial charge in [-0.3, -0.25) is 0 Å². The van der Waals surface area contributed by atoms with Gasteiger partial charge in [0.2, 0.25) is 10.0 Å². The summed E-state index contributed by atoms with van der Waals surface area (Å²) in [5, 5.41) is 9.60. The Morgan fingerprint density at radius 2 is 1.91 bits per heavy atom. The molecule has 23 heavy (non-hydrogen) atoms. The minimum Gasteiger partial charge on any atom is -0.486 e. The number of fused-ring (bicyclic) bond motifs is 1. The van der Waals surface area contributed by atoms with E-state index in [1.165, 1.54) is 4.31 Å². The third-order valence-corrected chi connectivity index (χ3v) is 6.94. The number of rotatable bonds is 4. The van der Waals surface area contributed by atoms with Gasteiger partial charge < -0.3 is 14.6 Å². The molecule has 1 aromatic rings. The van der Waals surface area contributed by atoms with E-state index >= 15 is 0 Å². The molecule has 2 aliphatic heterocycles. The van der Waals surface area contributed by atoms with Crippen molar-refractivity contribution in [1.29, 1.82) is 0 Å². The fourth-order valence-electron chi connectivity index (χ4n) is 3.21. The summed E-state index contributed by atoms with van der Waals surface area (Å²) in [7, 11) is -3.62. The predicted octanol–water partition coefficient (Wildman–Crippen LogP) is 1.63. The van der Waals surface area contributed by atoms with Crippen molar-refractivity contribution in [2.24, 2.45) is 5.41 Å². The fourth-order valence-corrected chi connectivity index (χ4v) is 4.80. The molecule has 2 heterocycles. The maximum Gasteiger partial charge on any atom is 0.246 e. The minimum absolute atomic E-state index is 0.106. The van der Waals surface area contributed by atoms with Crippen LogP contribution in [0.15, 0.2) is 23.1 Å². The fraction of sp³-hybridized carbons (Fsp3) is 0.625. The minimum atomic E-state index is -3.62. The summed E-state index contributed by atoms with van der Waals surface area (Å²) >= 11 is 0. The van der Waals surface area contributed by atoms with Gasteiger partial charge in [0, 0.05) is 19.7 Å². The highest BCUT2D eigenvalue weighted by Crippen LogP contribution is 2.40. The smallest absolute Gasteiger partial charge is 0.246 e. The van der Waals surface area contributed by atoms with E-state index < -0.39 is 10.0 Å². The van der Waals surface area contributed by atoms with E-state index in [-0.39, 0.29) is 16.9 Å². The average Bonchev–Trinajstić information content (AvgIpc) is 2.61. The molecule has 1 N–H and O–H groups in total. The first kappa shape index (κ1) is 16.5. The van der Waals surface area contributed by atoms with E-state index in [1.807, 2.05) is 6.92 Å². The number of aliphatic hydroxyl groups is 1. The summed E-state index contributed by atoms with van der Waals surface area (Å²) in [6.07, 6.45) is 2.20. The van der Waals surface area contributed by atoms with Gasteiger partial charge in [0.15, 0.2) is 11.5 Å². The first-order valence-electron chi connectivity index (χ1n) is 8.02. The largest absolute Gasteiger partial charge is 0.486 e. The Labute approximate surface area is 137 Å². The molecule has 0 aliphatic carbocycles. The van der Waals surface area contributed by atoms with Crippen LogP contribution in [0.2, 0.25) is 0 Å². The zero-order valence-corrected chi connectivity index (χ0v) is 14.1. The monoisotopic (exact) mass is 341 g/mol. The summed E-state index contributed by atoms with van der Waals surface area (Å²) in [5.41, 5.74) is -0.151. The number of hydrogen-bond acceptors (Lipinski definition) is 5. The van der Waals surface area contributed by atoms with Gasteiger partial charge in [0.25, 0.3) is 0 Å². The van der Waals surface area contributed by atoms with Crippen molar-refractivity contribution in [2.45, 2.75) is 31.1 Å². The van der Waals surface area contributed by atoms with E-state index in [4.69, 9.17) is 9.47 Å². The second kappa shape index (κ2) is 6.30. The Balaban J connectivity index is 1.86. The Morgan fingerprint density at radius 1 is 1.22 bits per heavy atom. The van der Waals surface area contributed by atoms with Crippen molar-refractivity contribution in [2.75, 3.05) is 32.9 Å². The molecule has 0 unspecified atom stereocenters. The molecular weight excluding hydrogens is 318 g/mol. The topological polar surface area (TPSA) is 76.1 Å².